The van der Waals surface area contributed by atoms with E-state index in [1.807, 2.05) is 18.2 Å². The van der Waals surface area contributed by atoms with Gasteiger partial charge in [0.2, 0.25) is 0 Å². The van der Waals surface area contributed by atoms with Gasteiger partial charge in [0.1, 0.15) is 0 Å². The first kappa shape index (κ1) is 19.4. The number of hydrogen-bond donors (Lipinski definition) is 2. The largest absolute Gasteiger partial charge is 0.504 e. The van der Waals surface area contributed by atoms with Gasteiger partial charge in [-0.1, -0.05) is 25.0 Å². The minimum atomic E-state index is 0. The highest BCUT2D eigenvalue weighted by Gasteiger charge is 2.32. The minimum Gasteiger partial charge on any atom is -0.504 e. The molecule has 0 amide bonds. The summed E-state index contributed by atoms with van der Waals surface area (Å²) in [7, 11) is 1.61. The van der Waals surface area contributed by atoms with Gasteiger partial charge in [-0.15, -0.1) is 24.8 Å². The first-order valence-corrected chi connectivity index (χ1v) is 7.60. The Balaban J connectivity index is 0.00000121. The Morgan fingerprint density at radius 1 is 1.27 bits per heavy atom. The molecule has 0 radical (unpaired) electrons. The Morgan fingerprint density at radius 2 is 1.95 bits per heavy atom. The van der Waals surface area contributed by atoms with Gasteiger partial charge in [-0.25, -0.2) is 0 Å². The van der Waals surface area contributed by atoms with Crippen LogP contribution >= 0.6 is 24.8 Å². The van der Waals surface area contributed by atoms with Crippen molar-refractivity contribution in [3.8, 4) is 11.5 Å². The topological polar surface area (TPSA) is 44.7 Å². The average molecular weight is 349 g/mol. The molecule has 2 fully saturated rings. The Morgan fingerprint density at radius 3 is 2.55 bits per heavy atom. The zero-order valence-electron chi connectivity index (χ0n) is 13.0. The number of hydrogen-bond acceptors (Lipinski definition) is 4. The summed E-state index contributed by atoms with van der Waals surface area (Å²) in [4.78, 5) is 2.50. The maximum atomic E-state index is 10.5. The number of nitrogens with one attached hydrogen (secondary N) is 1. The molecule has 4 nitrogen and oxygen atoms in total. The van der Waals surface area contributed by atoms with Crippen LogP contribution in [0.3, 0.4) is 0 Å². The van der Waals surface area contributed by atoms with Crippen LogP contribution < -0.4 is 10.1 Å². The van der Waals surface area contributed by atoms with Crippen molar-refractivity contribution in [2.24, 2.45) is 5.92 Å². The van der Waals surface area contributed by atoms with E-state index in [2.05, 4.69) is 10.2 Å². The molecule has 6 heteroatoms. The fourth-order valence-electron chi connectivity index (χ4n) is 3.11. The van der Waals surface area contributed by atoms with E-state index in [-0.39, 0.29) is 24.8 Å². The van der Waals surface area contributed by atoms with Crippen molar-refractivity contribution in [1.82, 2.24) is 10.2 Å². The second-order valence-corrected chi connectivity index (χ2v) is 5.88. The SMILES string of the molecule is COc1cccc([C@@H](CC2CC2)N2CCNCC2)c1O.Cl.Cl. The van der Waals surface area contributed by atoms with E-state index in [1.165, 1.54) is 12.8 Å². The minimum absolute atomic E-state index is 0. The number of ether oxygens (including phenoxy) is 1. The fraction of sp³-hybridized carbons (Fsp3) is 0.625. The number of nitrogens with zero attached hydrogens (tertiary/aromatic N) is 1. The summed E-state index contributed by atoms with van der Waals surface area (Å²) in [6.45, 7) is 4.17. The van der Waals surface area contributed by atoms with Gasteiger partial charge < -0.3 is 15.2 Å². The van der Waals surface area contributed by atoms with Crippen LogP contribution in [0.2, 0.25) is 0 Å². The quantitative estimate of drug-likeness (QED) is 0.858. The lowest BCUT2D eigenvalue weighted by molar-refractivity contribution is 0.157. The summed E-state index contributed by atoms with van der Waals surface area (Å²) >= 11 is 0. The van der Waals surface area contributed by atoms with E-state index in [9.17, 15) is 5.11 Å². The number of methoxy groups -OCH3 is 1. The number of para-hydroxylation sites is 1. The van der Waals surface area contributed by atoms with E-state index < -0.39 is 0 Å². The lowest BCUT2D eigenvalue weighted by atomic mass is 9.97. The van der Waals surface area contributed by atoms with Crippen molar-refractivity contribution in [3.05, 3.63) is 23.8 Å². The summed E-state index contributed by atoms with van der Waals surface area (Å²) in [5.74, 6) is 1.73. The van der Waals surface area contributed by atoms with Crippen molar-refractivity contribution in [2.75, 3.05) is 33.3 Å². The van der Waals surface area contributed by atoms with E-state index in [1.54, 1.807) is 7.11 Å². The summed E-state index contributed by atoms with van der Waals surface area (Å²) in [5.41, 5.74) is 1.03. The molecule has 1 heterocycles. The van der Waals surface area contributed by atoms with E-state index in [0.717, 1.165) is 44.1 Å². The molecule has 0 aromatic heterocycles. The molecule has 0 unspecified atom stereocenters. The highest BCUT2D eigenvalue weighted by molar-refractivity contribution is 5.85. The normalized spacial score (nSPS) is 19.7. The monoisotopic (exact) mass is 348 g/mol. The molecular formula is C16H26Cl2N2O2. The number of benzene rings is 1. The van der Waals surface area contributed by atoms with Crippen molar-refractivity contribution >= 4 is 24.8 Å². The number of halogens is 2. The van der Waals surface area contributed by atoms with Crippen molar-refractivity contribution < 1.29 is 9.84 Å². The third kappa shape index (κ3) is 4.42. The third-order valence-electron chi connectivity index (χ3n) is 4.46. The number of piperazine rings is 1. The van der Waals surface area contributed by atoms with Crippen LogP contribution in [0.4, 0.5) is 0 Å². The number of aromatic hydroxyl groups is 1. The van der Waals surface area contributed by atoms with Gasteiger partial charge in [-0.3, -0.25) is 4.90 Å². The van der Waals surface area contributed by atoms with Gasteiger partial charge in [-0.2, -0.15) is 0 Å². The Hall–Kier alpha value is -0.680. The molecule has 1 atom stereocenters. The van der Waals surface area contributed by atoms with Crippen molar-refractivity contribution in [2.45, 2.75) is 25.3 Å². The maximum absolute atomic E-state index is 10.5. The van der Waals surface area contributed by atoms with Gasteiger partial charge in [0.15, 0.2) is 11.5 Å². The summed E-state index contributed by atoms with van der Waals surface area (Å²) in [6, 6.07) is 6.17. The Bertz CT molecular complexity index is 463. The molecule has 1 aliphatic heterocycles. The Kier molecular flexibility index (Phi) is 7.77. The van der Waals surface area contributed by atoms with Gasteiger partial charge in [0.25, 0.3) is 0 Å². The molecule has 3 rings (SSSR count). The number of rotatable bonds is 5. The van der Waals surface area contributed by atoms with Crippen LogP contribution in [0.1, 0.15) is 30.9 Å². The smallest absolute Gasteiger partial charge is 0.162 e. The predicted molar refractivity (Wildman–Crippen MR) is 93.7 cm³/mol. The summed E-state index contributed by atoms with van der Waals surface area (Å²) in [6.07, 6.45) is 3.83. The van der Waals surface area contributed by atoms with E-state index >= 15 is 0 Å². The Labute approximate surface area is 145 Å². The van der Waals surface area contributed by atoms with Crippen LogP contribution in [0, 0.1) is 5.92 Å². The van der Waals surface area contributed by atoms with Gasteiger partial charge in [0.05, 0.1) is 7.11 Å². The summed E-state index contributed by atoms with van der Waals surface area (Å²) in [5, 5.41) is 13.9. The molecule has 1 aliphatic carbocycles. The standard InChI is InChI=1S/C16H24N2O2.2ClH/c1-20-15-4-2-3-13(16(15)19)14(11-12-5-6-12)18-9-7-17-8-10-18;;/h2-4,12,14,17,19H,5-11H2,1H3;2*1H/t14-;;/m1../s1. The van der Waals surface area contributed by atoms with E-state index in [0.29, 0.717) is 17.5 Å². The van der Waals surface area contributed by atoms with Crippen LogP contribution in [-0.4, -0.2) is 43.3 Å². The van der Waals surface area contributed by atoms with Crippen LogP contribution in [0.15, 0.2) is 18.2 Å². The zero-order chi connectivity index (χ0) is 13.9. The molecule has 2 aliphatic rings. The predicted octanol–water partition coefficient (Wildman–Crippen LogP) is 2.99. The average Bonchev–Trinajstić information content (AvgIpc) is 3.30. The fourth-order valence-corrected chi connectivity index (χ4v) is 3.11. The first-order valence-electron chi connectivity index (χ1n) is 7.60. The molecule has 1 saturated carbocycles. The molecule has 22 heavy (non-hydrogen) atoms. The molecule has 126 valence electrons. The number of phenolic OH excluding ortho intramolecular Hbond substituents is 1. The highest BCUT2D eigenvalue weighted by atomic mass is 35.5. The maximum Gasteiger partial charge on any atom is 0.162 e. The molecule has 0 bridgehead atoms. The third-order valence-corrected chi connectivity index (χ3v) is 4.46. The molecule has 1 aromatic carbocycles. The van der Waals surface area contributed by atoms with E-state index in [4.69, 9.17) is 4.74 Å². The molecule has 1 aromatic rings. The molecule has 2 N–H and O–H groups in total. The molecule has 1 saturated heterocycles. The lowest BCUT2D eigenvalue weighted by Crippen LogP contribution is -2.45. The van der Waals surface area contributed by atoms with Crippen LogP contribution in [0.25, 0.3) is 0 Å². The van der Waals surface area contributed by atoms with Crippen molar-refractivity contribution in [3.63, 3.8) is 0 Å². The first-order chi connectivity index (χ1) is 9.79. The number of phenols is 1. The van der Waals surface area contributed by atoms with Gasteiger partial charge in [-0.05, 0) is 18.4 Å². The van der Waals surface area contributed by atoms with Gasteiger partial charge >= 0.3 is 0 Å². The molecular weight excluding hydrogens is 323 g/mol. The highest BCUT2D eigenvalue weighted by Crippen LogP contribution is 2.44. The molecule has 0 spiro atoms. The summed E-state index contributed by atoms with van der Waals surface area (Å²) < 4.78 is 5.26. The second kappa shape index (κ2) is 8.82. The van der Waals surface area contributed by atoms with Crippen LogP contribution in [0.5, 0.6) is 11.5 Å². The van der Waals surface area contributed by atoms with Gasteiger partial charge in [0, 0.05) is 37.8 Å². The van der Waals surface area contributed by atoms with Crippen molar-refractivity contribution in [1.29, 1.82) is 0 Å². The van der Waals surface area contributed by atoms with Crippen LogP contribution in [-0.2, 0) is 0 Å². The zero-order valence-corrected chi connectivity index (χ0v) is 14.6. The second-order valence-electron chi connectivity index (χ2n) is 5.88. The lowest BCUT2D eigenvalue weighted by Gasteiger charge is -2.35.